The number of rotatable bonds is 9. The number of nitrogens with zero attached hydrogens (tertiary/aromatic N) is 1. The molecule has 168 valence electrons. The molecule has 1 saturated heterocycles. The highest BCUT2D eigenvalue weighted by molar-refractivity contribution is 8.00. The van der Waals surface area contributed by atoms with Crippen molar-refractivity contribution < 1.29 is 33.2 Å². The normalized spacial score (nSPS) is 15.6. The summed E-state index contributed by atoms with van der Waals surface area (Å²) in [5.74, 6) is 3.62. The number of hydrogen-bond donors (Lipinski definition) is 0. The standard InChI is InChI=1S/C22H27NO7S/c1-25-15-7-13(8-16(26-2)20(15)29-5)11-23-19(24)12-31-22(23)14-9-17(27-3)21(30-6)18(10-14)28-4/h7-10,22H,11-12H2,1-6H3. The van der Waals surface area contributed by atoms with Gasteiger partial charge in [0.05, 0.1) is 48.4 Å². The van der Waals surface area contributed by atoms with E-state index < -0.39 is 0 Å². The van der Waals surface area contributed by atoms with Crippen molar-refractivity contribution in [3.8, 4) is 34.5 Å². The number of hydrogen-bond acceptors (Lipinski definition) is 8. The molecule has 1 unspecified atom stereocenters. The van der Waals surface area contributed by atoms with E-state index in [0.717, 1.165) is 11.1 Å². The summed E-state index contributed by atoms with van der Waals surface area (Å²) < 4.78 is 32.7. The number of ether oxygens (including phenoxy) is 6. The van der Waals surface area contributed by atoms with Gasteiger partial charge in [-0.3, -0.25) is 4.79 Å². The van der Waals surface area contributed by atoms with Crippen molar-refractivity contribution in [1.82, 2.24) is 4.90 Å². The lowest BCUT2D eigenvalue weighted by Gasteiger charge is -2.26. The molecule has 31 heavy (non-hydrogen) atoms. The van der Waals surface area contributed by atoms with Gasteiger partial charge < -0.3 is 33.3 Å². The molecule has 2 aromatic rings. The van der Waals surface area contributed by atoms with Crippen LogP contribution in [0.25, 0.3) is 0 Å². The monoisotopic (exact) mass is 449 g/mol. The zero-order chi connectivity index (χ0) is 22.5. The SMILES string of the molecule is COc1cc(CN2C(=O)CSC2c2cc(OC)c(OC)c(OC)c2)cc(OC)c1OC. The maximum Gasteiger partial charge on any atom is 0.234 e. The minimum Gasteiger partial charge on any atom is -0.493 e. The molecule has 0 saturated carbocycles. The number of amides is 1. The van der Waals surface area contributed by atoms with Crippen molar-refractivity contribution >= 4 is 17.7 Å². The molecule has 0 spiro atoms. The molecule has 8 nitrogen and oxygen atoms in total. The average Bonchev–Trinajstić information content (AvgIpc) is 3.16. The molecule has 1 heterocycles. The molecule has 1 aliphatic heterocycles. The second kappa shape index (κ2) is 9.91. The molecular weight excluding hydrogens is 422 g/mol. The van der Waals surface area contributed by atoms with Gasteiger partial charge in [0.15, 0.2) is 23.0 Å². The zero-order valence-electron chi connectivity index (χ0n) is 18.5. The molecule has 3 rings (SSSR count). The van der Waals surface area contributed by atoms with Crippen molar-refractivity contribution in [1.29, 1.82) is 0 Å². The summed E-state index contributed by atoms with van der Waals surface area (Å²) in [6, 6.07) is 7.45. The van der Waals surface area contributed by atoms with Crippen LogP contribution in [-0.4, -0.2) is 59.2 Å². The third kappa shape index (κ3) is 4.41. The van der Waals surface area contributed by atoms with Gasteiger partial charge in [-0.1, -0.05) is 0 Å². The Morgan fingerprint density at radius 1 is 0.774 bits per heavy atom. The van der Waals surface area contributed by atoms with Crippen molar-refractivity contribution in [2.24, 2.45) is 0 Å². The number of carbonyl (C=O) groups is 1. The van der Waals surface area contributed by atoms with E-state index in [1.807, 2.05) is 29.2 Å². The van der Waals surface area contributed by atoms with Crippen LogP contribution in [0.3, 0.4) is 0 Å². The number of carbonyl (C=O) groups excluding carboxylic acids is 1. The van der Waals surface area contributed by atoms with Crippen LogP contribution in [-0.2, 0) is 11.3 Å². The maximum atomic E-state index is 12.8. The molecule has 0 bridgehead atoms. The molecule has 0 aliphatic carbocycles. The summed E-state index contributed by atoms with van der Waals surface area (Å²) in [5.41, 5.74) is 1.75. The fourth-order valence-electron chi connectivity index (χ4n) is 3.57. The largest absolute Gasteiger partial charge is 0.493 e. The topological polar surface area (TPSA) is 75.7 Å². The van der Waals surface area contributed by atoms with Crippen molar-refractivity contribution in [2.75, 3.05) is 48.4 Å². The summed E-state index contributed by atoms with van der Waals surface area (Å²) in [6.07, 6.45) is 0. The number of benzene rings is 2. The molecule has 1 amide bonds. The molecular formula is C22H27NO7S. The van der Waals surface area contributed by atoms with Crippen LogP contribution < -0.4 is 28.4 Å². The highest BCUT2D eigenvalue weighted by Gasteiger charge is 2.34. The fourth-order valence-corrected chi connectivity index (χ4v) is 4.74. The van der Waals surface area contributed by atoms with Crippen LogP contribution >= 0.6 is 11.8 Å². The van der Waals surface area contributed by atoms with Crippen molar-refractivity contribution in [3.05, 3.63) is 35.4 Å². The number of thioether (sulfide) groups is 1. The van der Waals surface area contributed by atoms with E-state index in [9.17, 15) is 4.79 Å². The quantitative estimate of drug-likeness (QED) is 0.576. The highest BCUT2D eigenvalue weighted by Crippen LogP contribution is 2.46. The lowest BCUT2D eigenvalue weighted by Crippen LogP contribution is -2.27. The predicted octanol–water partition coefficient (Wildman–Crippen LogP) is 3.51. The molecule has 1 aliphatic rings. The van der Waals surface area contributed by atoms with E-state index in [1.165, 1.54) is 0 Å². The molecule has 9 heteroatoms. The Bertz CT molecular complexity index is 899. The van der Waals surface area contributed by atoms with Crippen LogP contribution in [0, 0.1) is 0 Å². The van der Waals surface area contributed by atoms with E-state index in [0.29, 0.717) is 46.8 Å². The fraction of sp³-hybridized carbons (Fsp3) is 0.409. The second-order valence-corrected chi connectivity index (χ2v) is 7.75. The first-order valence-electron chi connectivity index (χ1n) is 9.51. The summed E-state index contributed by atoms with van der Waals surface area (Å²) in [7, 11) is 9.39. The molecule has 2 aromatic carbocycles. The molecule has 0 aromatic heterocycles. The van der Waals surface area contributed by atoms with Gasteiger partial charge in [-0.05, 0) is 35.4 Å². The van der Waals surface area contributed by atoms with Gasteiger partial charge in [-0.15, -0.1) is 11.8 Å². The molecule has 1 atom stereocenters. The van der Waals surface area contributed by atoms with Crippen LogP contribution in [0.5, 0.6) is 34.5 Å². The third-order valence-electron chi connectivity index (χ3n) is 5.02. The smallest absolute Gasteiger partial charge is 0.234 e. The summed E-state index contributed by atoms with van der Waals surface area (Å²) in [5, 5.41) is -0.208. The van der Waals surface area contributed by atoms with E-state index in [1.54, 1.807) is 54.4 Å². The van der Waals surface area contributed by atoms with Crippen LogP contribution in [0.2, 0.25) is 0 Å². The molecule has 0 N–H and O–H groups in total. The van der Waals surface area contributed by atoms with Gasteiger partial charge in [-0.25, -0.2) is 0 Å². The van der Waals surface area contributed by atoms with Gasteiger partial charge in [0.1, 0.15) is 5.37 Å². The zero-order valence-corrected chi connectivity index (χ0v) is 19.3. The average molecular weight is 450 g/mol. The van der Waals surface area contributed by atoms with Crippen LogP contribution in [0.1, 0.15) is 16.5 Å². The van der Waals surface area contributed by atoms with Gasteiger partial charge >= 0.3 is 0 Å². The molecule has 1 fully saturated rings. The Kier molecular flexibility index (Phi) is 7.27. The van der Waals surface area contributed by atoms with Gasteiger partial charge in [-0.2, -0.15) is 0 Å². The lowest BCUT2D eigenvalue weighted by molar-refractivity contribution is -0.128. The Hall–Kier alpha value is -2.94. The maximum absolute atomic E-state index is 12.8. The highest BCUT2D eigenvalue weighted by atomic mass is 32.2. The summed E-state index contributed by atoms with van der Waals surface area (Å²) >= 11 is 1.55. The third-order valence-corrected chi connectivity index (χ3v) is 6.27. The predicted molar refractivity (Wildman–Crippen MR) is 118 cm³/mol. The van der Waals surface area contributed by atoms with Crippen molar-refractivity contribution in [3.63, 3.8) is 0 Å². The summed E-state index contributed by atoms with van der Waals surface area (Å²) in [4.78, 5) is 14.6. The lowest BCUT2D eigenvalue weighted by atomic mass is 10.1. The van der Waals surface area contributed by atoms with Gasteiger partial charge in [0.2, 0.25) is 17.4 Å². The van der Waals surface area contributed by atoms with Gasteiger partial charge in [0.25, 0.3) is 0 Å². The van der Waals surface area contributed by atoms with Crippen molar-refractivity contribution in [2.45, 2.75) is 11.9 Å². The number of methoxy groups -OCH3 is 6. The molecule has 0 radical (unpaired) electrons. The second-order valence-electron chi connectivity index (χ2n) is 6.68. The van der Waals surface area contributed by atoms with E-state index >= 15 is 0 Å². The van der Waals surface area contributed by atoms with Crippen LogP contribution in [0.15, 0.2) is 24.3 Å². The Labute approximate surface area is 186 Å². The van der Waals surface area contributed by atoms with E-state index in [2.05, 4.69) is 0 Å². The first-order valence-corrected chi connectivity index (χ1v) is 10.6. The Morgan fingerprint density at radius 2 is 1.23 bits per heavy atom. The van der Waals surface area contributed by atoms with Gasteiger partial charge in [0, 0.05) is 6.54 Å². The minimum atomic E-state index is -0.208. The summed E-state index contributed by atoms with van der Waals surface area (Å²) in [6.45, 7) is 0.379. The van der Waals surface area contributed by atoms with E-state index in [4.69, 9.17) is 28.4 Å². The first kappa shape index (κ1) is 22.7. The Balaban J connectivity index is 1.98. The van der Waals surface area contributed by atoms with E-state index in [-0.39, 0.29) is 11.3 Å². The van der Waals surface area contributed by atoms with Crippen LogP contribution in [0.4, 0.5) is 0 Å². The Morgan fingerprint density at radius 3 is 1.65 bits per heavy atom. The first-order chi connectivity index (χ1) is 15.0. The minimum absolute atomic E-state index is 0.0394.